The molecule has 1 nitrogen and oxygen atoms in total. The van der Waals surface area contributed by atoms with Crippen LogP contribution in [0, 0.1) is 0 Å². The van der Waals surface area contributed by atoms with Gasteiger partial charge in [0, 0.05) is 5.56 Å². The number of hydrogen-bond donors (Lipinski definition) is 0. The molecule has 0 amide bonds. The maximum Gasteiger partial charge on any atom is 1.00 e. The maximum absolute atomic E-state index is 2.37. The number of halogens is 1. The SMILES string of the molecule is Br.CCCCCCCCCCCCCCCC[N+](C)(C)Cc1ccccc1.[H-].[Na+]. The molecule has 0 fully saturated rings. The summed E-state index contributed by atoms with van der Waals surface area (Å²) in [5.74, 6) is 0. The van der Waals surface area contributed by atoms with Crippen LogP contribution in [0.5, 0.6) is 0 Å². The van der Waals surface area contributed by atoms with E-state index in [1.807, 2.05) is 0 Å². The second kappa shape index (κ2) is 20.9. The van der Waals surface area contributed by atoms with Crippen molar-refractivity contribution in [2.24, 2.45) is 0 Å². The maximum atomic E-state index is 2.37. The van der Waals surface area contributed by atoms with Gasteiger partial charge in [-0.1, -0.05) is 114 Å². The topological polar surface area (TPSA) is 0 Å². The Labute approximate surface area is 211 Å². The van der Waals surface area contributed by atoms with Crippen molar-refractivity contribution in [2.75, 3.05) is 20.6 Å². The van der Waals surface area contributed by atoms with Crippen molar-refractivity contribution in [2.45, 2.75) is 103 Å². The number of hydrogen-bond acceptors (Lipinski definition) is 0. The zero-order chi connectivity index (χ0) is 18.9. The van der Waals surface area contributed by atoms with Crippen LogP contribution < -0.4 is 29.6 Å². The van der Waals surface area contributed by atoms with E-state index in [-0.39, 0.29) is 48.0 Å². The van der Waals surface area contributed by atoms with Gasteiger partial charge in [0.1, 0.15) is 6.54 Å². The van der Waals surface area contributed by atoms with E-state index in [0.717, 1.165) is 11.0 Å². The normalized spacial score (nSPS) is 11.0. The molecule has 1 rings (SSSR count). The third-order valence-corrected chi connectivity index (χ3v) is 5.57. The minimum absolute atomic E-state index is 0. The monoisotopic (exact) mass is 464 g/mol. The standard InChI is InChI=1S/C25H46N.BrH.Na.H/c1-4-5-6-7-8-9-10-11-12-13-14-15-16-20-23-26(2,3)24-25-21-18-17-19-22-25;;;/h17-19,21-22H,4-16,20,23-24H2,1-3H3;1H;;/q+1;;+1;-1. The van der Waals surface area contributed by atoms with Crippen molar-refractivity contribution in [3.63, 3.8) is 0 Å². The van der Waals surface area contributed by atoms with Gasteiger partial charge in [-0.3, -0.25) is 0 Å². The molecule has 0 aliphatic heterocycles. The first-order valence-electron chi connectivity index (χ1n) is 11.5. The molecule has 0 spiro atoms. The van der Waals surface area contributed by atoms with Crippen LogP contribution in [-0.4, -0.2) is 25.1 Å². The van der Waals surface area contributed by atoms with Crippen LogP contribution in [0.3, 0.4) is 0 Å². The molecule has 0 bridgehead atoms. The summed E-state index contributed by atoms with van der Waals surface area (Å²) in [6, 6.07) is 10.9. The van der Waals surface area contributed by atoms with Gasteiger partial charge in [0.15, 0.2) is 0 Å². The Morgan fingerprint density at radius 2 is 1.04 bits per heavy atom. The molecule has 0 aromatic heterocycles. The molecule has 0 aliphatic rings. The van der Waals surface area contributed by atoms with E-state index in [0.29, 0.717) is 0 Å². The van der Waals surface area contributed by atoms with Crippen LogP contribution in [0.15, 0.2) is 30.3 Å². The molecule has 0 radical (unpaired) electrons. The summed E-state index contributed by atoms with van der Waals surface area (Å²) in [4.78, 5) is 0. The molecular formula is C25H48BrNNa+. The second-order valence-corrected chi connectivity index (χ2v) is 8.90. The van der Waals surface area contributed by atoms with Gasteiger partial charge >= 0.3 is 29.6 Å². The molecule has 0 atom stereocenters. The zero-order valence-corrected chi connectivity index (χ0v) is 23.3. The average molecular weight is 466 g/mol. The van der Waals surface area contributed by atoms with Gasteiger partial charge in [-0.2, -0.15) is 0 Å². The van der Waals surface area contributed by atoms with E-state index in [9.17, 15) is 0 Å². The number of rotatable bonds is 17. The first kappa shape index (κ1) is 30.9. The van der Waals surface area contributed by atoms with Crippen LogP contribution in [0.2, 0.25) is 0 Å². The molecule has 0 aliphatic carbocycles. The largest absolute Gasteiger partial charge is 1.00 e. The van der Waals surface area contributed by atoms with Crippen LogP contribution in [0.25, 0.3) is 0 Å². The van der Waals surface area contributed by atoms with Crippen molar-refractivity contribution in [3.05, 3.63) is 35.9 Å². The van der Waals surface area contributed by atoms with Gasteiger partial charge in [0.25, 0.3) is 0 Å². The molecule has 160 valence electrons. The minimum Gasteiger partial charge on any atom is -1.00 e. The van der Waals surface area contributed by atoms with Gasteiger partial charge in [-0.25, -0.2) is 0 Å². The first-order chi connectivity index (χ1) is 12.6. The van der Waals surface area contributed by atoms with Crippen molar-refractivity contribution < 1.29 is 35.5 Å². The van der Waals surface area contributed by atoms with Gasteiger partial charge < -0.3 is 5.91 Å². The summed E-state index contributed by atoms with van der Waals surface area (Å²) in [6.45, 7) is 4.75. The molecule has 0 unspecified atom stereocenters. The fourth-order valence-corrected chi connectivity index (χ4v) is 3.89. The predicted molar refractivity (Wildman–Crippen MR) is 129 cm³/mol. The van der Waals surface area contributed by atoms with Crippen molar-refractivity contribution in [1.82, 2.24) is 0 Å². The quantitative estimate of drug-likeness (QED) is 0.163. The first-order valence-corrected chi connectivity index (χ1v) is 11.5. The number of unbranched alkanes of at least 4 members (excludes halogenated alkanes) is 13. The van der Waals surface area contributed by atoms with Gasteiger partial charge in [-0.05, 0) is 12.8 Å². The van der Waals surface area contributed by atoms with Gasteiger partial charge in [0.05, 0.1) is 20.6 Å². The fraction of sp³-hybridized carbons (Fsp3) is 0.760. The smallest absolute Gasteiger partial charge is 1.00 e. The van der Waals surface area contributed by atoms with Gasteiger partial charge in [0.2, 0.25) is 0 Å². The molecule has 0 saturated carbocycles. The summed E-state index contributed by atoms with van der Waals surface area (Å²) in [6.07, 6.45) is 20.2. The molecule has 28 heavy (non-hydrogen) atoms. The summed E-state index contributed by atoms with van der Waals surface area (Å²) < 4.78 is 1.11. The Kier molecular flexibility index (Phi) is 23.0. The Balaban J connectivity index is -0.00000225. The second-order valence-electron chi connectivity index (χ2n) is 8.90. The Bertz CT molecular complexity index is 428. The molecular weight excluding hydrogens is 417 g/mol. The van der Waals surface area contributed by atoms with E-state index < -0.39 is 0 Å². The number of quaternary nitrogens is 1. The zero-order valence-electron chi connectivity index (χ0n) is 20.6. The van der Waals surface area contributed by atoms with Crippen molar-refractivity contribution in [1.29, 1.82) is 0 Å². The Morgan fingerprint density at radius 3 is 1.46 bits per heavy atom. The minimum atomic E-state index is 0. The molecule has 0 saturated heterocycles. The number of nitrogens with zero attached hydrogens (tertiary/aromatic N) is 1. The summed E-state index contributed by atoms with van der Waals surface area (Å²) in [7, 11) is 4.74. The van der Waals surface area contributed by atoms with Crippen LogP contribution in [0.1, 0.15) is 104 Å². The van der Waals surface area contributed by atoms with Crippen molar-refractivity contribution in [3.8, 4) is 0 Å². The van der Waals surface area contributed by atoms with Crippen molar-refractivity contribution >= 4 is 17.0 Å². The molecule has 1 aromatic carbocycles. The third-order valence-electron chi connectivity index (χ3n) is 5.57. The third kappa shape index (κ3) is 18.7. The Morgan fingerprint density at radius 1 is 0.643 bits per heavy atom. The van der Waals surface area contributed by atoms with E-state index in [4.69, 9.17) is 0 Å². The molecule has 3 heteroatoms. The molecule has 0 N–H and O–H groups in total. The van der Waals surface area contributed by atoms with E-state index in [2.05, 4.69) is 51.4 Å². The summed E-state index contributed by atoms with van der Waals surface area (Å²) in [5.41, 5.74) is 1.46. The summed E-state index contributed by atoms with van der Waals surface area (Å²) in [5, 5.41) is 0. The van der Waals surface area contributed by atoms with Gasteiger partial charge in [-0.15, -0.1) is 17.0 Å². The van der Waals surface area contributed by atoms with E-state index in [1.54, 1.807) is 0 Å². The Hall–Kier alpha value is 0.660. The fourth-order valence-electron chi connectivity index (χ4n) is 3.89. The molecule has 1 aromatic rings. The van der Waals surface area contributed by atoms with Crippen LogP contribution in [-0.2, 0) is 6.54 Å². The predicted octanol–water partition coefficient (Wildman–Crippen LogP) is 5.44. The van der Waals surface area contributed by atoms with E-state index in [1.165, 1.54) is 102 Å². The number of benzene rings is 1. The summed E-state index contributed by atoms with van der Waals surface area (Å²) >= 11 is 0. The van der Waals surface area contributed by atoms with Crippen LogP contribution >= 0.6 is 17.0 Å². The van der Waals surface area contributed by atoms with Crippen LogP contribution in [0.4, 0.5) is 0 Å². The van der Waals surface area contributed by atoms with E-state index >= 15 is 0 Å². The molecule has 0 heterocycles. The average Bonchev–Trinajstić information content (AvgIpc) is 2.62.